The molecule has 0 radical (unpaired) electrons. The number of Topliss-reactive ketones (excluding diaryl/α,β-unsaturated/α-hetero) is 2. The second kappa shape index (κ2) is 22.5. The molecule has 3 rings (SSSR count). The molecule has 0 aliphatic heterocycles. The highest BCUT2D eigenvalue weighted by atomic mass is 16.7. The normalized spacial score (nSPS) is 17.2. The molecule has 2 fully saturated rings. The van der Waals surface area contributed by atoms with Crippen molar-refractivity contribution >= 4 is 35.3 Å². The van der Waals surface area contributed by atoms with Crippen LogP contribution in [0, 0.1) is 17.8 Å². The summed E-state index contributed by atoms with van der Waals surface area (Å²) in [5, 5.41) is 7.10. The number of carbonyl (C=O) groups excluding carboxylic acids is 5. The van der Waals surface area contributed by atoms with Gasteiger partial charge in [-0.2, -0.15) is 4.98 Å². The van der Waals surface area contributed by atoms with Crippen LogP contribution in [0.1, 0.15) is 193 Å². The van der Waals surface area contributed by atoms with Gasteiger partial charge in [-0.1, -0.05) is 100 Å². The molecule has 0 aromatic carbocycles. The number of nitrogens with zero attached hydrogens (tertiary/aromatic N) is 3. The summed E-state index contributed by atoms with van der Waals surface area (Å²) in [7, 11) is 0. The van der Waals surface area contributed by atoms with Gasteiger partial charge in [0, 0.05) is 19.8 Å². The summed E-state index contributed by atoms with van der Waals surface area (Å²) in [6.45, 7) is 13.5. The largest absolute Gasteiger partial charge is 0.460 e. The van der Waals surface area contributed by atoms with E-state index in [1.807, 2.05) is 20.8 Å². The van der Waals surface area contributed by atoms with E-state index in [1.54, 1.807) is 20.8 Å². The van der Waals surface area contributed by atoms with Crippen molar-refractivity contribution in [2.45, 2.75) is 188 Å². The van der Waals surface area contributed by atoms with E-state index in [4.69, 9.17) is 24.6 Å². The van der Waals surface area contributed by atoms with Gasteiger partial charge in [-0.25, -0.2) is 4.79 Å². The first kappa shape index (κ1) is 45.5. The van der Waals surface area contributed by atoms with Crippen LogP contribution in [0.25, 0.3) is 0 Å². The van der Waals surface area contributed by atoms with Gasteiger partial charge < -0.3 is 24.6 Å². The highest BCUT2D eigenvalue weighted by Crippen LogP contribution is 2.32. The zero-order valence-corrected chi connectivity index (χ0v) is 33.6. The average Bonchev–Trinajstić information content (AvgIpc) is 3.57. The van der Waals surface area contributed by atoms with Crippen molar-refractivity contribution in [1.82, 2.24) is 10.1 Å². The van der Waals surface area contributed by atoms with Crippen LogP contribution in [-0.4, -0.2) is 56.7 Å². The molecule has 1 aromatic heterocycles. The quantitative estimate of drug-likeness (QED) is 0.0401. The van der Waals surface area contributed by atoms with Gasteiger partial charge in [0.1, 0.15) is 11.2 Å². The Morgan fingerprint density at radius 3 is 1.72 bits per heavy atom. The molecule has 2 atom stereocenters. The lowest BCUT2D eigenvalue weighted by Gasteiger charge is -2.23. The standard InChI is InChI=1S/C20H34N2O5.C20H32N2O4/c1-14(23)18(21)22-27-19(25)16(13-17(24)26-20(2,3)4)12-8-11-15-9-6-5-7-10-15;1-14(23)18-21-19(26-22-18)16(13-17(24)25-20(2,3)4)12-8-11-15-9-6-5-7-10-15/h15-16H,5-13H2,1-4H3,(H2,21,22);15-16H,5-13H2,1-4H3/t2*16-/m11/s1. The second-order valence-corrected chi connectivity index (χ2v) is 16.8. The van der Waals surface area contributed by atoms with E-state index < -0.39 is 34.8 Å². The lowest BCUT2D eigenvalue weighted by Crippen LogP contribution is -2.28. The van der Waals surface area contributed by atoms with Crippen molar-refractivity contribution in [3.63, 3.8) is 0 Å². The molecular formula is C40H66N4O9. The number of ketones is 2. The summed E-state index contributed by atoms with van der Waals surface area (Å²) >= 11 is 0. The first-order valence-electron chi connectivity index (χ1n) is 19.7. The zero-order valence-electron chi connectivity index (χ0n) is 33.6. The van der Waals surface area contributed by atoms with Crippen LogP contribution in [0.2, 0.25) is 0 Å². The molecule has 2 N–H and O–H groups in total. The summed E-state index contributed by atoms with van der Waals surface area (Å²) in [6.07, 6.45) is 18.4. The van der Waals surface area contributed by atoms with E-state index in [9.17, 15) is 24.0 Å². The maximum Gasteiger partial charge on any atom is 0.338 e. The number of hydrogen-bond donors (Lipinski definition) is 1. The molecule has 0 amide bonds. The van der Waals surface area contributed by atoms with E-state index >= 15 is 0 Å². The van der Waals surface area contributed by atoms with Crippen molar-refractivity contribution in [3.8, 4) is 0 Å². The predicted molar refractivity (Wildman–Crippen MR) is 201 cm³/mol. The number of amidine groups is 1. The van der Waals surface area contributed by atoms with Crippen LogP contribution >= 0.6 is 0 Å². The summed E-state index contributed by atoms with van der Waals surface area (Å²) in [5.74, 6) is -1.41. The van der Waals surface area contributed by atoms with E-state index in [2.05, 4.69) is 15.3 Å². The van der Waals surface area contributed by atoms with Gasteiger partial charge in [-0.05, 0) is 66.2 Å². The Morgan fingerprint density at radius 2 is 1.26 bits per heavy atom. The van der Waals surface area contributed by atoms with Gasteiger partial charge in [0.2, 0.25) is 23.3 Å². The Kier molecular flexibility index (Phi) is 19.4. The highest BCUT2D eigenvalue weighted by molar-refractivity contribution is 6.37. The Hall–Kier alpha value is -3.64. The van der Waals surface area contributed by atoms with E-state index in [0.717, 1.165) is 31.6 Å². The minimum Gasteiger partial charge on any atom is -0.460 e. The number of aromatic nitrogens is 2. The van der Waals surface area contributed by atoms with Crippen LogP contribution in [0.4, 0.5) is 0 Å². The molecule has 2 aliphatic carbocycles. The lowest BCUT2D eigenvalue weighted by molar-refractivity contribution is -0.162. The predicted octanol–water partition coefficient (Wildman–Crippen LogP) is 8.33. The number of nitrogens with two attached hydrogens (primary N) is 1. The number of ether oxygens (including phenoxy) is 2. The van der Waals surface area contributed by atoms with Crippen LogP contribution < -0.4 is 5.73 Å². The molecule has 0 saturated heterocycles. The van der Waals surface area contributed by atoms with Gasteiger partial charge in [0.15, 0.2) is 5.78 Å². The topological polar surface area (TPSA) is 190 Å². The summed E-state index contributed by atoms with van der Waals surface area (Å²) in [6, 6.07) is 0. The van der Waals surface area contributed by atoms with Crippen molar-refractivity contribution in [2.75, 3.05) is 0 Å². The number of hydrogen-bond acceptors (Lipinski definition) is 12. The maximum atomic E-state index is 12.3. The third kappa shape index (κ3) is 19.9. The molecule has 0 spiro atoms. The van der Waals surface area contributed by atoms with Gasteiger partial charge in [0.25, 0.3) is 0 Å². The van der Waals surface area contributed by atoms with Crippen LogP contribution in [0.15, 0.2) is 9.68 Å². The van der Waals surface area contributed by atoms with Gasteiger partial charge in [-0.15, -0.1) is 0 Å². The number of esters is 2. The van der Waals surface area contributed by atoms with Gasteiger partial charge in [-0.3, -0.25) is 19.2 Å². The molecule has 2 aliphatic rings. The van der Waals surface area contributed by atoms with Crippen molar-refractivity contribution in [2.24, 2.45) is 28.6 Å². The van der Waals surface area contributed by atoms with Gasteiger partial charge >= 0.3 is 17.9 Å². The van der Waals surface area contributed by atoms with Crippen LogP contribution in [0.3, 0.4) is 0 Å². The van der Waals surface area contributed by atoms with Crippen LogP contribution in [0.5, 0.6) is 0 Å². The number of oxime groups is 1. The molecule has 2 saturated carbocycles. The first-order valence-corrected chi connectivity index (χ1v) is 19.7. The number of rotatable bonds is 17. The Labute approximate surface area is 316 Å². The van der Waals surface area contributed by atoms with Crippen molar-refractivity contribution in [3.05, 3.63) is 11.7 Å². The summed E-state index contributed by atoms with van der Waals surface area (Å²) in [5.41, 5.74) is 4.23. The van der Waals surface area contributed by atoms with Crippen molar-refractivity contribution in [1.29, 1.82) is 0 Å². The van der Waals surface area contributed by atoms with Crippen molar-refractivity contribution < 1.29 is 42.8 Å². The molecule has 1 aromatic rings. The average molecular weight is 747 g/mol. The molecule has 0 bridgehead atoms. The van der Waals surface area contributed by atoms with Crippen LogP contribution in [-0.2, 0) is 33.5 Å². The molecule has 53 heavy (non-hydrogen) atoms. The maximum absolute atomic E-state index is 12.3. The number of carbonyl (C=O) groups is 5. The molecule has 0 unspecified atom stereocenters. The first-order chi connectivity index (χ1) is 24.8. The monoisotopic (exact) mass is 746 g/mol. The Bertz CT molecular complexity index is 1350. The SMILES string of the molecule is CC(=O)/C(N)=N\OC(=O)[C@H](CCCC1CCCCC1)CC(=O)OC(C)(C)C.CC(=O)c1noc([C@H](CCCC2CCCCC2)CC(=O)OC(C)(C)C)n1. The fourth-order valence-corrected chi connectivity index (χ4v) is 6.82. The minimum absolute atomic E-state index is 0.0708. The molecule has 13 nitrogen and oxygen atoms in total. The second-order valence-electron chi connectivity index (χ2n) is 16.8. The molecule has 13 heteroatoms. The molecule has 300 valence electrons. The smallest absolute Gasteiger partial charge is 0.338 e. The Morgan fingerprint density at radius 1 is 0.774 bits per heavy atom. The minimum atomic E-state index is -0.660. The van der Waals surface area contributed by atoms with Gasteiger partial charge in [0.05, 0.1) is 18.8 Å². The fourth-order valence-electron chi connectivity index (χ4n) is 6.82. The third-order valence-corrected chi connectivity index (χ3v) is 9.48. The third-order valence-electron chi connectivity index (χ3n) is 9.48. The zero-order chi connectivity index (χ0) is 39.6. The Balaban J connectivity index is 0.000000367. The highest BCUT2D eigenvalue weighted by Gasteiger charge is 2.29. The molecular weight excluding hydrogens is 680 g/mol. The van der Waals surface area contributed by atoms with E-state index in [0.29, 0.717) is 18.2 Å². The summed E-state index contributed by atoms with van der Waals surface area (Å²) in [4.78, 5) is 68.3. The fraction of sp³-hybridized carbons (Fsp3) is 0.800. The van der Waals surface area contributed by atoms with E-state index in [-0.39, 0.29) is 42.2 Å². The van der Waals surface area contributed by atoms with E-state index in [1.165, 1.54) is 84.5 Å². The summed E-state index contributed by atoms with van der Waals surface area (Å²) < 4.78 is 16.0. The lowest BCUT2D eigenvalue weighted by atomic mass is 9.84. The molecule has 1 heterocycles.